The van der Waals surface area contributed by atoms with Gasteiger partial charge in [0.15, 0.2) is 5.75 Å². The number of nitrogens with zero attached hydrogens (tertiary/aromatic N) is 3. The molecular weight excluding hydrogens is 466 g/mol. The molecule has 6 nitrogen and oxygen atoms in total. The zero-order chi connectivity index (χ0) is 19.0. The van der Waals surface area contributed by atoms with Crippen molar-refractivity contribution >= 4 is 31.9 Å². The largest absolute Gasteiger partial charge is 0.494 e. The number of ether oxygens (including phenoxy) is 1. The van der Waals surface area contributed by atoms with Crippen LogP contribution >= 0.6 is 31.9 Å². The second-order valence-electron chi connectivity index (χ2n) is 6.43. The summed E-state index contributed by atoms with van der Waals surface area (Å²) >= 11 is 7.08. The Morgan fingerprint density at radius 2 is 1.23 bits per heavy atom. The molecule has 3 heterocycles. The third kappa shape index (κ3) is 3.44. The van der Waals surface area contributed by atoms with E-state index in [0.717, 1.165) is 11.4 Å². The lowest BCUT2D eigenvalue weighted by atomic mass is 10.2. The molecule has 0 aliphatic carbocycles. The van der Waals surface area contributed by atoms with E-state index < -0.39 is 0 Å². The second kappa shape index (κ2) is 7.52. The number of hydrogen-bond donors (Lipinski definition) is 0. The highest BCUT2D eigenvalue weighted by Gasteiger charge is 2.25. The lowest BCUT2D eigenvalue weighted by Crippen LogP contribution is -1.98. The smallest absolute Gasteiger partial charge is 0.246 e. The average molecular weight is 485 g/mol. The van der Waals surface area contributed by atoms with Gasteiger partial charge in [-0.05, 0) is 43.7 Å². The van der Waals surface area contributed by atoms with Crippen molar-refractivity contribution in [3.63, 3.8) is 0 Å². The van der Waals surface area contributed by atoms with Crippen LogP contribution in [0.15, 0.2) is 30.3 Å². The van der Waals surface area contributed by atoms with E-state index >= 15 is 0 Å². The summed E-state index contributed by atoms with van der Waals surface area (Å²) in [5, 5.41) is 0. The van der Waals surface area contributed by atoms with Gasteiger partial charge in [0.05, 0.1) is 27.4 Å². The fraction of sp³-hybridized carbons (Fsp3) is 0.389. The van der Waals surface area contributed by atoms with Gasteiger partial charge in [0.1, 0.15) is 23.9 Å². The molecule has 0 N–H and O–H groups in total. The van der Waals surface area contributed by atoms with E-state index in [1.165, 1.54) is 0 Å². The van der Waals surface area contributed by atoms with Crippen molar-refractivity contribution in [2.75, 3.05) is 7.11 Å². The molecule has 0 unspecified atom stereocenters. The first kappa shape index (κ1) is 19.1. The Kier molecular flexibility index (Phi) is 5.53. The maximum Gasteiger partial charge on any atom is 0.246 e. The number of hydrogen-bond acceptors (Lipinski definition) is 6. The predicted molar refractivity (Wildman–Crippen MR) is 105 cm³/mol. The number of pyridine rings is 1. The SMILES string of the molecule is COc1c(Br)c(-c2nc(C(C)C)co2)nc(-c2nc(C(C)C)co2)c1Br. The Bertz CT molecular complexity index is 861. The molecule has 0 aliphatic heterocycles. The van der Waals surface area contributed by atoms with Gasteiger partial charge < -0.3 is 13.6 Å². The zero-order valence-electron chi connectivity index (χ0n) is 15.1. The fourth-order valence-corrected chi connectivity index (χ4v) is 3.81. The van der Waals surface area contributed by atoms with Crippen molar-refractivity contribution in [3.05, 3.63) is 32.9 Å². The molecule has 0 amide bonds. The minimum absolute atomic E-state index is 0.253. The van der Waals surface area contributed by atoms with Crippen molar-refractivity contribution in [2.24, 2.45) is 0 Å². The van der Waals surface area contributed by atoms with Crippen LogP contribution < -0.4 is 4.74 Å². The molecule has 0 spiro atoms. The van der Waals surface area contributed by atoms with Crippen molar-refractivity contribution in [2.45, 2.75) is 39.5 Å². The van der Waals surface area contributed by atoms with Crippen LogP contribution in [0.1, 0.15) is 50.9 Å². The summed E-state index contributed by atoms with van der Waals surface area (Å²) in [4.78, 5) is 13.7. The quantitative estimate of drug-likeness (QED) is 0.430. The van der Waals surface area contributed by atoms with Crippen LogP contribution in [0.4, 0.5) is 0 Å². The summed E-state index contributed by atoms with van der Waals surface area (Å²) < 4.78 is 18.1. The van der Waals surface area contributed by atoms with Gasteiger partial charge >= 0.3 is 0 Å². The molecule has 3 aromatic rings. The molecule has 3 aromatic heterocycles. The molecule has 0 saturated carbocycles. The average Bonchev–Trinajstić information content (AvgIpc) is 3.25. The van der Waals surface area contributed by atoms with Gasteiger partial charge in [0, 0.05) is 0 Å². The predicted octanol–water partition coefficient (Wildman–Crippen LogP) is 6.17. The number of aromatic nitrogens is 3. The first-order valence-electron chi connectivity index (χ1n) is 8.18. The molecule has 3 rings (SSSR count). The zero-order valence-corrected chi connectivity index (χ0v) is 18.3. The Labute approximate surface area is 168 Å². The van der Waals surface area contributed by atoms with Gasteiger partial charge in [0.2, 0.25) is 11.8 Å². The Hall–Kier alpha value is -1.67. The first-order chi connectivity index (χ1) is 12.3. The monoisotopic (exact) mass is 483 g/mol. The summed E-state index contributed by atoms with van der Waals surface area (Å²) in [5.74, 6) is 1.89. The molecular formula is C18H19Br2N3O3. The van der Waals surface area contributed by atoms with Crippen molar-refractivity contribution in [3.8, 4) is 28.9 Å². The van der Waals surface area contributed by atoms with Gasteiger partial charge in [-0.25, -0.2) is 15.0 Å². The van der Waals surface area contributed by atoms with E-state index in [1.54, 1.807) is 19.6 Å². The Balaban J connectivity index is 2.18. The van der Waals surface area contributed by atoms with Crippen LogP contribution in [0.25, 0.3) is 23.2 Å². The maximum atomic E-state index is 5.64. The van der Waals surface area contributed by atoms with Crippen LogP contribution in [0, 0.1) is 0 Å². The van der Waals surface area contributed by atoms with E-state index in [1.807, 2.05) is 0 Å². The van der Waals surface area contributed by atoms with E-state index in [9.17, 15) is 0 Å². The van der Waals surface area contributed by atoms with Gasteiger partial charge in [-0.15, -0.1) is 0 Å². The van der Waals surface area contributed by atoms with E-state index in [-0.39, 0.29) is 11.8 Å². The molecule has 8 heteroatoms. The molecule has 0 aliphatic rings. The highest BCUT2D eigenvalue weighted by Crippen LogP contribution is 2.44. The van der Waals surface area contributed by atoms with Gasteiger partial charge in [-0.3, -0.25) is 0 Å². The summed E-state index contributed by atoms with van der Waals surface area (Å²) in [5.41, 5.74) is 2.76. The van der Waals surface area contributed by atoms with E-state index in [0.29, 0.717) is 37.9 Å². The molecule has 0 fully saturated rings. The topological polar surface area (TPSA) is 74.2 Å². The van der Waals surface area contributed by atoms with Crippen LogP contribution in [0.5, 0.6) is 5.75 Å². The summed E-state index contributed by atoms with van der Waals surface area (Å²) in [7, 11) is 1.59. The van der Waals surface area contributed by atoms with E-state index in [4.69, 9.17) is 13.6 Å². The highest BCUT2D eigenvalue weighted by molar-refractivity contribution is 9.11. The van der Waals surface area contributed by atoms with Crippen LogP contribution in [0.2, 0.25) is 0 Å². The van der Waals surface area contributed by atoms with Crippen molar-refractivity contribution in [1.29, 1.82) is 0 Å². The third-order valence-electron chi connectivity index (χ3n) is 3.87. The van der Waals surface area contributed by atoms with Crippen molar-refractivity contribution < 1.29 is 13.6 Å². The minimum Gasteiger partial charge on any atom is -0.494 e. The molecule has 0 saturated heterocycles. The molecule has 0 bridgehead atoms. The maximum absolute atomic E-state index is 5.64. The Morgan fingerprint density at radius 3 is 1.54 bits per heavy atom. The lowest BCUT2D eigenvalue weighted by Gasteiger charge is -2.11. The highest BCUT2D eigenvalue weighted by atomic mass is 79.9. The number of halogens is 2. The van der Waals surface area contributed by atoms with Crippen LogP contribution in [-0.2, 0) is 0 Å². The second-order valence-corrected chi connectivity index (χ2v) is 8.02. The summed E-state index contributed by atoms with van der Waals surface area (Å²) in [6.07, 6.45) is 3.29. The van der Waals surface area contributed by atoms with Gasteiger partial charge in [-0.1, -0.05) is 27.7 Å². The van der Waals surface area contributed by atoms with Crippen LogP contribution in [-0.4, -0.2) is 22.1 Å². The van der Waals surface area contributed by atoms with Gasteiger partial charge in [-0.2, -0.15) is 0 Å². The Morgan fingerprint density at radius 1 is 0.808 bits per heavy atom. The fourth-order valence-electron chi connectivity index (χ4n) is 2.30. The van der Waals surface area contributed by atoms with Gasteiger partial charge in [0.25, 0.3) is 0 Å². The standard InChI is InChI=1S/C18H19Br2N3O3/c1-8(2)10-6-25-17(21-10)14-12(19)16(24-5)13(20)15(23-14)18-22-11(7-26-18)9(3)4/h6-9H,1-5H3. The molecule has 0 aromatic carbocycles. The number of rotatable bonds is 5. The number of oxazole rings is 2. The van der Waals surface area contributed by atoms with Crippen molar-refractivity contribution in [1.82, 2.24) is 15.0 Å². The molecule has 0 radical (unpaired) electrons. The molecule has 138 valence electrons. The van der Waals surface area contributed by atoms with Crippen LogP contribution in [0.3, 0.4) is 0 Å². The summed E-state index contributed by atoms with van der Waals surface area (Å²) in [6, 6.07) is 0. The summed E-state index contributed by atoms with van der Waals surface area (Å²) in [6.45, 7) is 8.21. The molecule has 26 heavy (non-hydrogen) atoms. The number of methoxy groups -OCH3 is 1. The van der Waals surface area contributed by atoms with E-state index in [2.05, 4.69) is 74.5 Å². The minimum atomic E-state index is 0.253. The third-order valence-corrected chi connectivity index (χ3v) is 5.35. The lowest BCUT2D eigenvalue weighted by molar-refractivity contribution is 0.408. The normalized spacial score (nSPS) is 11.6. The molecule has 0 atom stereocenters. The first-order valence-corrected chi connectivity index (χ1v) is 9.76.